The molecule has 4 rings (SSSR count). The third kappa shape index (κ3) is 4.05. The lowest BCUT2D eigenvalue weighted by molar-refractivity contribution is -0.149. The number of nitrogen functional groups attached to an aromatic ring is 1. The SMILES string of the molecule is CCOC(=O)C1CCN(Cc2c(-c3ccc(C)cc3C)nc3ccc(N)cn23)CC1. The normalized spacial score (nSPS) is 15.6. The van der Waals surface area contributed by atoms with Crippen LogP contribution < -0.4 is 5.73 Å². The van der Waals surface area contributed by atoms with Crippen LogP contribution in [0.1, 0.15) is 36.6 Å². The van der Waals surface area contributed by atoms with Gasteiger partial charge in [-0.1, -0.05) is 23.8 Å². The molecular formula is C24H30N4O2. The highest BCUT2D eigenvalue weighted by molar-refractivity contribution is 5.72. The summed E-state index contributed by atoms with van der Waals surface area (Å²) in [6.45, 7) is 9.05. The lowest BCUT2D eigenvalue weighted by Crippen LogP contribution is -2.36. The van der Waals surface area contributed by atoms with Crippen molar-refractivity contribution < 1.29 is 9.53 Å². The van der Waals surface area contributed by atoms with Gasteiger partial charge in [0.25, 0.3) is 0 Å². The van der Waals surface area contributed by atoms with Gasteiger partial charge in [0.2, 0.25) is 0 Å². The second-order valence-corrected chi connectivity index (χ2v) is 8.22. The molecule has 0 aliphatic carbocycles. The molecule has 1 fully saturated rings. The van der Waals surface area contributed by atoms with Crippen molar-refractivity contribution in [1.29, 1.82) is 0 Å². The van der Waals surface area contributed by atoms with Crippen molar-refractivity contribution in [2.45, 2.75) is 40.2 Å². The van der Waals surface area contributed by atoms with Gasteiger partial charge in [0, 0.05) is 24.0 Å². The van der Waals surface area contributed by atoms with Crippen LogP contribution in [0, 0.1) is 19.8 Å². The monoisotopic (exact) mass is 406 g/mol. The molecule has 158 valence electrons. The molecule has 30 heavy (non-hydrogen) atoms. The number of piperidine rings is 1. The minimum Gasteiger partial charge on any atom is -0.466 e. The van der Waals surface area contributed by atoms with E-state index in [1.165, 1.54) is 11.1 Å². The molecule has 0 radical (unpaired) electrons. The van der Waals surface area contributed by atoms with Gasteiger partial charge in [-0.15, -0.1) is 0 Å². The number of nitrogens with zero attached hydrogens (tertiary/aromatic N) is 3. The summed E-state index contributed by atoms with van der Waals surface area (Å²) in [4.78, 5) is 19.4. The summed E-state index contributed by atoms with van der Waals surface area (Å²) in [7, 11) is 0. The average Bonchev–Trinajstić information content (AvgIpc) is 3.06. The van der Waals surface area contributed by atoms with Crippen LogP contribution in [0.4, 0.5) is 5.69 Å². The molecule has 2 N–H and O–H groups in total. The number of carbonyl (C=O) groups excluding carboxylic acids is 1. The molecule has 2 aromatic heterocycles. The highest BCUT2D eigenvalue weighted by atomic mass is 16.5. The molecular weight excluding hydrogens is 376 g/mol. The maximum absolute atomic E-state index is 12.1. The third-order valence-corrected chi connectivity index (χ3v) is 5.96. The van der Waals surface area contributed by atoms with Crippen molar-refractivity contribution in [2.24, 2.45) is 5.92 Å². The van der Waals surface area contributed by atoms with E-state index in [4.69, 9.17) is 15.5 Å². The Labute approximate surface area is 177 Å². The summed E-state index contributed by atoms with van der Waals surface area (Å²) >= 11 is 0. The second kappa shape index (κ2) is 8.48. The van der Waals surface area contributed by atoms with Crippen molar-refractivity contribution in [3.05, 3.63) is 53.3 Å². The van der Waals surface area contributed by atoms with Gasteiger partial charge in [0.1, 0.15) is 5.65 Å². The van der Waals surface area contributed by atoms with Crippen LogP contribution in [0.25, 0.3) is 16.9 Å². The standard InChI is InChI=1S/C24H30N4O2/c1-4-30-24(29)18-9-11-27(12-10-18)15-21-23(20-7-5-16(2)13-17(20)3)26-22-8-6-19(25)14-28(21)22/h5-8,13-14,18H,4,9-12,15,25H2,1-3H3. The van der Waals surface area contributed by atoms with Crippen LogP contribution in [0.15, 0.2) is 36.5 Å². The zero-order valence-corrected chi connectivity index (χ0v) is 18.0. The molecule has 0 unspecified atom stereocenters. The molecule has 0 spiro atoms. The van der Waals surface area contributed by atoms with Crippen molar-refractivity contribution in [1.82, 2.24) is 14.3 Å². The largest absolute Gasteiger partial charge is 0.466 e. The number of hydrogen-bond acceptors (Lipinski definition) is 5. The maximum Gasteiger partial charge on any atom is 0.309 e. The summed E-state index contributed by atoms with van der Waals surface area (Å²) in [5.74, 6) is -0.0477. The molecule has 1 aliphatic rings. The van der Waals surface area contributed by atoms with E-state index in [1.54, 1.807) is 0 Å². The number of rotatable bonds is 5. The number of pyridine rings is 1. The van der Waals surface area contributed by atoms with E-state index in [0.717, 1.165) is 55.1 Å². The van der Waals surface area contributed by atoms with Gasteiger partial charge < -0.3 is 14.9 Å². The molecule has 3 heterocycles. The molecule has 3 aromatic rings. The Morgan fingerprint density at radius 1 is 1.20 bits per heavy atom. The fourth-order valence-corrected chi connectivity index (χ4v) is 4.35. The number of anilines is 1. The van der Waals surface area contributed by atoms with E-state index < -0.39 is 0 Å². The number of benzene rings is 1. The number of carbonyl (C=O) groups is 1. The van der Waals surface area contributed by atoms with Crippen LogP contribution >= 0.6 is 0 Å². The number of esters is 1. The van der Waals surface area contributed by atoms with E-state index in [9.17, 15) is 4.79 Å². The minimum atomic E-state index is -0.0595. The highest BCUT2D eigenvalue weighted by Crippen LogP contribution is 2.30. The Morgan fingerprint density at radius 3 is 2.67 bits per heavy atom. The summed E-state index contributed by atoms with van der Waals surface area (Å²) in [6, 6.07) is 10.4. The number of hydrogen-bond donors (Lipinski definition) is 1. The number of nitrogens with two attached hydrogens (primary N) is 1. The van der Waals surface area contributed by atoms with Crippen LogP contribution in [0.2, 0.25) is 0 Å². The Balaban J connectivity index is 1.65. The smallest absolute Gasteiger partial charge is 0.309 e. The first-order valence-electron chi connectivity index (χ1n) is 10.7. The molecule has 1 aromatic carbocycles. The molecule has 1 saturated heterocycles. The van der Waals surface area contributed by atoms with Gasteiger partial charge in [0.05, 0.1) is 23.9 Å². The van der Waals surface area contributed by atoms with Crippen molar-refractivity contribution in [3.8, 4) is 11.3 Å². The molecule has 0 saturated carbocycles. The Bertz CT molecular complexity index is 1060. The molecule has 6 nitrogen and oxygen atoms in total. The van der Waals surface area contributed by atoms with Gasteiger partial charge in [-0.25, -0.2) is 4.98 Å². The number of likely N-dealkylation sites (tertiary alicyclic amines) is 1. The van der Waals surface area contributed by atoms with Gasteiger partial charge in [-0.05, 0) is 64.4 Å². The van der Waals surface area contributed by atoms with E-state index in [0.29, 0.717) is 12.3 Å². The molecule has 0 atom stereocenters. The van der Waals surface area contributed by atoms with Gasteiger partial charge in [-0.2, -0.15) is 0 Å². The fraction of sp³-hybridized carbons (Fsp3) is 0.417. The van der Waals surface area contributed by atoms with Gasteiger partial charge >= 0.3 is 5.97 Å². The van der Waals surface area contributed by atoms with E-state index >= 15 is 0 Å². The fourth-order valence-electron chi connectivity index (χ4n) is 4.35. The average molecular weight is 407 g/mol. The predicted octanol–water partition coefficient (Wildman–Crippen LogP) is 3.98. The number of imidazole rings is 1. The number of aromatic nitrogens is 2. The third-order valence-electron chi connectivity index (χ3n) is 5.96. The maximum atomic E-state index is 12.1. The number of ether oxygens (including phenoxy) is 1. The summed E-state index contributed by atoms with van der Waals surface area (Å²) < 4.78 is 7.32. The number of aryl methyl sites for hydroxylation is 2. The number of fused-ring (bicyclic) bond motifs is 1. The van der Waals surface area contributed by atoms with Crippen molar-refractivity contribution >= 4 is 17.3 Å². The van der Waals surface area contributed by atoms with E-state index in [2.05, 4.69) is 41.3 Å². The van der Waals surface area contributed by atoms with E-state index in [1.807, 2.05) is 25.3 Å². The Morgan fingerprint density at radius 2 is 1.97 bits per heavy atom. The molecule has 0 amide bonds. The van der Waals surface area contributed by atoms with Gasteiger partial charge in [0.15, 0.2) is 0 Å². The lowest BCUT2D eigenvalue weighted by Gasteiger charge is -2.30. The summed E-state index contributed by atoms with van der Waals surface area (Å²) in [6.07, 6.45) is 3.61. The highest BCUT2D eigenvalue weighted by Gasteiger charge is 2.27. The molecule has 0 bridgehead atoms. The quantitative estimate of drug-likeness (QED) is 0.649. The first-order chi connectivity index (χ1) is 14.5. The lowest BCUT2D eigenvalue weighted by atomic mass is 9.96. The van der Waals surface area contributed by atoms with E-state index in [-0.39, 0.29) is 11.9 Å². The second-order valence-electron chi connectivity index (χ2n) is 8.22. The van der Waals surface area contributed by atoms with Crippen molar-refractivity contribution in [3.63, 3.8) is 0 Å². The summed E-state index contributed by atoms with van der Waals surface area (Å²) in [5.41, 5.74) is 13.5. The molecule has 1 aliphatic heterocycles. The topological polar surface area (TPSA) is 72.9 Å². The first kappa shape index (κ1) is 20.4. The first-order valence-corrected chi connectivity index (χ1v) is 10.7. The zero-order chi connectivity index (χ0) is 21.3. The Kier molecular flexibility index (Phi) is 5.77. The predicted molar refractivity (Wildman–Crippen MR) is 119 cm³/mol. The summed E-state index contributed by atoms with van der Waals surface area (Å²) in [5, 5.41) is 0. The van der Waals surface area contributed by atoms with Crippen LogP contribution in [0.5, 0.6) is 0 Å². The molecule has 6 heteroatoms. The van der Waals surface area contributed by atoms with Crippen LogP contribution in [-0.2, 0) is 16.1 Å². The van der Waals surface area contributed by atoms with Crippen LogP contribution in [-0.4, -0.2) is 40.0 Å². The minimum absolute atomic E-state index is 0.0119. The van der Waals surface area contributed by atoms with Gasteiger partial charge in [-0.3, -0.25) is 9.69 Å². The zero-order valence-electron chi connectivity index (χ0n) is 18.0. The Hall–Kier alpha value is -2.86. The van der Waals surface area contributed by atoms with Crippen molar-refractivity contribution in [2.75, 3.05) is 25.4 Å². The van der Waals surface area contributed by atoms with Crippen LogP contribution in [0.3, 0.4) is 0 Å².